The van der Waals surface area contributed by atoms with Crippen LogP contribution in [0, 0.1) is 13.8 Å². The van der Waals surface area contributed by atoms with Crippen molar-refractivity contribution < 1.29 is 4.79 Å². The topological polar surface area (TPSA) is 74.5 Å². The molecule has 0 unspecified atom stereocenters. The second kappa shape index (κ2) is 9.58. The number of benzene rings is 1. The fraction of sp³-hybridized carbons (Fsp3) is 0.500. The summed E-state index contributed by atoms with van der Waals surface area (Å²) in [7, 11) is 1.87. The first-order valence-electron chi connectivity index (χ1n) is 10.0. The lowest BCUT2D eigenvalue weighted by Gasteiger charge is -2.25. The Labute approximate surface area is 174 Å². The minimum atomic E-state index is -0.258. The molecule has 1 aromatic heterocycles. The Balaban J connectivity index is 2.21. The normalized spacial score (nSPS) is 12.0. The summed E-state index contributed by atoms with van der Waals surface area (Å²) in [6.45, 7) is 13.4. The third kappa shape index (κ3) is 6.62. The first-order chi connectivity index (χ1) is 13.6. The van der Waals surface area contributed by atoms with Crippen molar-refractivity contribution in [3.05, 3.63) is 47.3 Å². The molecule has 29 heavy (non-hydrogen) atoms. The van der Waals surface area contributed by atoms with Crippen LogP contribution in [0.5, 0.6) is 0 Å². The van der Waals surface area contributed by atoms with Crippen LogP contribution in [0.2, 0.25) is 0 Å². The number of rotatable bonds is 6. The van der Waals surface area contributed by atoms with Gasteiger partial charge in [0, 0.05) is 24.8 Å². The van der Waals surface area contributed by atoms with Gasteiger partial charge < -0.3 is 15.5 Å². The Morgan fingerprint density at radius 3 is 2.52 bits per heavy atom. The summed E-state index contributed by atoms with van der Waals surface area (Å²) in [5, 5.41) is 10.9. The van der Waals surface area contributed by atoms with Crippen molar-refractivity contribution in [2.24, 2.45) is 4.99 Å². The maximum atomic E-state index is 12.3. The lowest BCUT2D eigenvalue weighted by molar-refractivity contribution is -0.122. The molecule has 158 valence electrons. The number of carbonyl (C=O) groups excluding carboxylic acids is 1. The van der Waals surface area contributed by atoms with Gasteiger partial charge in [0.1, 0.15) is 0 Å². The van der Waals surface area contributed by atoms with Crippen LogP contribution in [-0.2, 0) is 11.3 Å². The van der Waals surface area contributed by atoms with Gasteiger partial charge in [0.05, 0.1) is 24.5 Å². The molecular weight excluding hydrogens is 364 g/mol. The van der Waals surface area contributed by atoms with Gasteiger partial charge in [-0.3, -0.25) is 4.79 Å². The summed E-state index contributed by atoms with van der Waals surface area (Å²) in [6, 6.07) is 10.2. The van der Waals surface area contributed by atoms with E-state index in [2.05, 4.69) is 33.9 Å². The SMILES string of the molecule is CCNC(=NCc1ccccc1-n1nc(C)cc1C)N(C)CC(=O)NC(C)(C)C. The molecule has 2 aromatic rings. The molecule has 7 heteroatoms. The van der Waals surface area contributed by atoms with Crippen molar-refractivity contribution in [1.29, 1.82) is 0 Å². The van der Waals surface area contributed by atoms with Crippen molar-refractivity contribution in [1.82, 2.24) is 25.3 Å². The second-order valence-corrected chi connectivity index (χ2v) is 8.29. The maximum absolute atomic E-state index is 12.3. The van der Waals surface area contributed by atoms with E-state index >= 15 is 0 Å². The molecule has 0 spiro atoms. The van der Waals surface area contributed by atoms with Crippen LogP contribution in [0.25, 0.3) is 5.69 Å². The van der Waals surface area contributed by atoms with Crippen LogP contribution < -0.4 is 10.6 Å². The van der Waals surface area contributed by atoms with Gasteiger partial charge >= 0.3 is 0 Å². The minimum absolute atomic E-state index is 0.0337. The van der Waals surface area contributed by atoms with Crippen LogP contribution in [0.3, 0.4) is 0 Å². The zero-order valence-corrected chi connectivity index (χ0v) is 18.7. The summed E-state index contributed by atoms with van der Waals surface area (Å²) in [4.78, 5) is 18.9. The second-order valence-electron chi connectivity index (χ2n) is 8.29. The molecule has 0 fully saturated rings. The van der Waals surface area contributed by atoms with E-state index in [0.717, 1.165) is 29.2 Å². The highest BCUT2D eigenvalue weighted by Gasteiger charge is 2.17. The number of aromatic nitrogens is 2. The van der Waals surface area contributed by atoms with Gasteiger partial charge in [-0.05, 0) is 59.2 Å². The zero-order valence-electron chi connectivity index (χ0n) is 18.7. The Bertz CT molecular complexity index is 862. The fourth-order valence-corrected chi connectivity index (χ4v) is 3.10. The van der Waals surface area contributed by atoms with Gasteiger partial charge in [0.2, 0.25) is 5.91 Å². The Hall–Kier alpha value is -2.83. The number of guanidine groups is 1. The molecule has 1 heterocycles. The number of nitrogens with one attached hydrogen (secondary N) is 2. The highest BCUT2D eigenvalue weighted by atomic mass is 16.2. The first kappa shape index (κ1) is 22.5. The van der Waals surface area contributed by atoms with Crippen molar-refractivity contribution >= 4 is 11.9 Å². The molecule has 2 rings (SSSR count). The number of hydrogen-bond donors (Lipinski definition) is 2. The largest absolute Gasteiger partial charge is 0.357 e. The molecule has 1 amide bonds. The molecule has 0 saturated carbocycles. The van der Waals surface area contributed by atoms with Crippen LogP contribution in [0.1, 0.15) is 44.6 Å². The third-order valence-electron chi connectivity index (χ3n) is 4.22. The number of likely N-dealkylation sites (N-methyl/N-ethyl adjacent to an activating group) is 1. The Morgan fingerprint density at radius 1 is 1.24 bits per heavy atom. The lowest BCUT2D eigenvalue weighted by atomic mass is 10.1. The monoisotopic (exact) mass is 398 g/mol. The van der Waals surface area contributed by atoms with E-state index in [4.69, 9.17) is 4.99 Å². The fourth-order valence-electron chi connectivity index (χ4n) is 3.10. The van der Waals surface area contributed by atoms with Gasteiger partial charge in [-0.25, -0.2) is 9.67 Å². The molecule has 0 saturated heterocycles. The van der Waals surface area contributed by atoms with Crippen LogP contribution in [0.15, 0.2) is 35.3 Å². The smallest absolute Gasteiger partial charge is 0.240 e. The molecule has 2 N–H and O–H groups in total. The number of aliphatic imine (C=N–C) groups is 1. The van der Waals surface area contributed by atoms with Crippen molar-refractivity contribution in [3.8, 4) is 5.69 Å². The van der Waals surface area contributed by atoms with Gasteiger partial charge in [0.25, 0.3) is 0 Å². The predicted molar refractivity (Wildman–Crippen MR) is 118 cm³/mol. The number of amides is 1. The van der Waals surface area contributed by atoms with Gasteiger partial charge in [0.15, 0.2) is 5.96 Å². The molecule has 0 aliphatic carbocycles. The maximum Gasteiger partial charge on any atom is 0.240 e. The molecule has 0 aliphatic heterocycles. The molecular formula is C22H34N6O. The summed E-state index contributed by atoms with van der Waals surface area (Å²) < 4.78 is 1.95. The van der Waals surface area contributed by atoms with Gasteiger partial charge in [-0.15, -0.1) is 0 Å². The average molecular weight is 399 g/mol. The number of para-hydroxylation sites is 1. The molecule has 0 bridgehead atoms. The van der Waals surface area contributed by atoms with E-state index in [9.17, 15) is 4.79 Å². The summed E-state index contributed by atoms with van der Waals surface area (Å²) in [5.41, 5.74) is 3.90. The molecule has 0 radical (unpaired) electrons. The number of nitrogens with zero attached hydrogens (tertiary/aromatic N) is 4. The molecule has 0 atom stereocenters. The van der Waals surface area contributed by atoms with E-state index in [1.165, 1.54) is 0 Å². The third-order valence-corrected chi connectivity index (χ3v) is 4.22. The zero-order chi connectivity index (χ0) is 21.6. The summed E-state index contributed by atoms with van der Waals surface area (Å²) >= 11 is 0. The average Bonchev–Trinajstić information content (AvgIpc) is 2.95. The van der Waals surface area contributed by atoms with E-state index in [0.29, 0.717) is 12.5 Å². The standard InChI is InChI=1S/C22H34N6O/c1-8-23-21(27(7)15-20(29)25-22(4,5)6)24-14-18-11-9-10-12-19(18)28-17(3)13-16(2)26-28/h9-13H,8,14-15H2,1-7H3,(H,23,24)(H,25,29). The Kier molecular flexibility index (Phi) is 7.42. The minimum Gasteiger partial charge on any atom is -0.357 e. The summed E-state index contributed by atoms with van der Waals surface area (Å²) in [5.74, 6) is 0.661. The van der Waals surface area contributed by atoms with Crippen LogP contribution >= 0.6 is 0 Å². The summed E-state index contributed by atoms with van der Waals surface area (Å²) in [6.07, 6.45) is 0. The van der Waals surface area contributed by atoms with E-state index < -0.39 is 0 Å². The van der Waals surface area contributed by atoms with Crippen molar-refractivity contribution in [3.63, 3.8) is 0 Å². The number of aryl methyl sites for hydroxylation is 2. The van der Waals surface area contributed by atoms with E-state index in [-0.39, 0.29) is 18.0 Å². The molecule has 1 aromatic carbocycles. The van der Waals surface area contributed by atoms with Crippen LogP contribution in [0.4, 0.5) is 0 Å². The highest BCUT2D eigenvalue weighted by molar-refractivity contribution is 5.86. The quantitative estimate of drug-likeness (QED) is 0.580. The van der Waals surface area contributed by atoms with Crippen LogP contribution in [-0.4, -0.2) is 52.2 Å². The predicted octanol–water partition coefficient (Wildman–Crippen LogP) is 2.80. The molecule has 7 nitrogen and oxygen atoms in total. The first-order valence-corrected chi connectivity index (χ1v) is 10.0. The van der Waals surface area contributed by atoms with Gasteiger partial charge in [-0.2, -0.15) is 5.10 Å². The number of hydrogen-bond acceptors (Lipinski definition) is 3. The molecule has 0 aliphatic rings. The highest BCUT2D eigenvalue weighted by Crippen LogP contribution is 2.18. The van der Waals surface area contributed by atoms with E-state index in [1.807, 2.05) is 70.3 Å². The Morgan fingerprint density at radius 2 is 1.93 bits per heavy atom. The van der Waals surface area contributed by atoms with Crippen molar-refractivity contribution in [2.75, 3.05) is 20.1 Å². The van der Waals surface area contributed by atoms with Crippen molar-refractivity contribution in [2.45, 2.75) is 53.6 Å². The lowest BCUT2D eigenvalue weighted by Crippen LogP contribution is -2.48. The van der Waals surface area contributed by atoms with E-state index in [1.54, 1.807) is 0 Å². The van der Waals surface area contributed by atoms with Gasteiger partial charge in [-0.1, -0.05) is 18.2 Å². The number of carbonyl (C=O) groups is 1.